The van der Waals surface area contributed by atoms with Crippen molar-refractivity contribution in [2.45, 2.75) is 0 Å². The maximum absolute atomic E-state index is 12.1. The standard InChI is InChI=1S/C19H13Cl2NO4/c1-25-15-5-2-12(3-6-15)8-14(10-22)19(24)26-11-18(23)13-4-7-16(20)17(21)9-13/h2-9H,11H2,1H3/b14-8+. The monoisotopic (exact) mass is 389 g/mol. The van der Waals surface area contributed by atoms with E-state index < -0.39 is 18.4 Å². The average molecular weight is 390 g/mol. The summed E-state index contributed by atoms with van der Waals surface area (Å²) < 4.78 is 9.96. The number of carbonyl (C=O) groups excluding carboxylic acids is 2. The van der Waals surface area contributed by atoms with Crippen molar-refractivity contribution in [3.8, 4) is 11.8 Å². The molecule has 0 saturated heterocycles. The maximum atomic E-state index is 12.1. The SMILES string of the molecule is COc1ccc(/C=C(\C#N)C(=O)OCC(=O)c2ccc(Cl)c(Cl)c2)cc1. The van der Waals surface area contributed by atoms with Gasteiger partial charge in [0.2, 0.25) is 0 Å². The van der Waals surface area contributed by atoms with E-state index in [0.29, 0.717) is 16.3 Å². The van der Waals surface area contributed by atoms with Crippen LogP contribution in [0.1, 0.15) is 15.9 Å². The van der Waals surface area contributed by atoms with Crippen LogP contribution in [-0.2, 0) is 9.53 Å². The van der Waals surface area contributed by atoms with E-state index >= 15 is 0 Å². The van der Waals surface area contributed by atoms with Gasteiger partial charge in [0, 0.05) is 5.56 Å². The number of ether oxygens (including phenoxy) is 2. The zero-order chi connectivity index (χ0) is 19.1. The van der Waals surface area contributed by atoms with E-state index in [4.69, 9.17) is 37.9 Å². The number of hydrogen-bond donors (Lipinski definition) is 0. The van der Waals surface area contributed by atoms with Crippen LogP contribution in [0.15, 0.2) is 48.0 Å². The summed E-state index contributed by atoms with van der Waals surface area (Å²) in [5, 5.41) is 9.68. The number of rotatable bonds is 6. The van der Waals surface area contributed by atoms with Crippen LogP contribution >= 0.6 is 23.2 Å². The van der Waals surface area contributed by atoms with Crippen molar-refractivity contribution < 1.29 is 19.1 Å². The van der Waals surface area contributed by atoms with Gasteiger partial charge in [0.05, 0.1) is 17.2 Å². The second kappa shape index (κ2) is 9.04. The van der Waals surface area contributed by atoms with Crippen molar-refractivity contribution in [2.75, 3.05) is 13.7 Å². The van der Waals surface area contributed by atoms with Gasteiger partial charge in [0.25, 0.3) is 0 Å². The minimum absolute atomic E-state index is 0.223. The summed E-state index contributed by atoms with van der Waals surface area (Å²) in [6.07, 6.45) is 1.37. The Labute approximate surface area is 160 Å². The third-order valence-electron chi connectivity index (χ3n) is 3.34. The largest absolute Gasteiger partial charge is 0.497 e. The highest BCUT2D eigenvalue weighted by Crippen LogP contribution is 2.23. The molecule has 0 aromatic heterocycles. The fraction of sp³-hybridized carbons (Fsp3) is 0.105. The number of nitriles is 1. The molecule has 0 aliphatic carbocycles. The summed E-state index contributed by atoms with van der Waals surface area (Å²) in [7, 11) is 1.54. The number of nitrogens with zero attached hydrogens (tertiary/aromatic N) is 1. The molecular formula is C19H13Cl2NO4. The first-order valence-corrected chi connectivity index (χ1v) is 8.11. The minimum atomic E-state index is -0.892. The summed E-state index contributed by atoms with van der Waals surface area (Å²) >= 11 is 11.6. The molecule has 0 aliphatic rings. The Bertz CT molecular complexity index is 899. The number of ketones is 1. The molecule has 7 heteroatoms. The molecule has 0 spiro atoms. The summed E-state index contributed by atoms with van der Waals surface area (Å²) in [6.45, 7) is -0.515. The van der Waals surface area contributed by atoms with E-state index in [1.165, 1.54) is 31.4 Å². The second-order valence-corrected chi connectivity index (χ2v) is 5.89. The van der Waals surface area contributed by atoms with Crippen LogP contribution in [0.25, 0.3) is 6.08 Å². The number of halogens is 2. The number of carbonyl (C=O) groups is 2. The van der Waals surface area contributed by atoms with Gasteiger partial charge in [-0.05, 0) is 42.0 Å². The first-order valence-electron chi connectivity index (χ1n) is 7.36. The van der Waals surface area contributed by atoms with E-state index in [9.17, 15) is 9.59 Å². The Hall–Kier alpha value is -2.81. The molecule has 0 saturated carbocycles. The van der Waals surface area contributed by atoms with Crippen LogP contribution < -0.4 is 4.74 Å². The Kier molecular flexibility index (Phi) is 6.79. The van der Waals surface area contributed by atoms with Crippen molar-refractivity contribution in [1.29, 1.82) is 5.26 Å². The van der Waals surface area contributed by atoms with E-state index in [1.54, 1.807) is 30.3 Å². The molecule has 26 heavy (non-hydrogen) atoms. The Morgan fingerprint density at radius 2 is 1.81 bits per heavy atom. The molecule has 0 unspecified atom stereocenters. The van der Waals surface area contributed by atoms with E-state index in [-0.39, 0.29) is 16.2 Å². The normalized spacial score (nSPS) is 10.8. The fourth-order valence-electron chi connectivity index (χ4n) is 1.97. The molecule has 2 rings (SSSR count). The number of methoxy groups -OCH3 is 1. The van der Waals surface area contributed by atoms with Crippen molar-refractivity contribution in [3.05, 3.63) is 69.2 Å². The lowest BCUT2D eigenvalue weighted by molar-refractivity contribution is -0.137. The van der Waals surface area contributed by atoms with Crippen LogP contribution in [0.2, 0.25) is 10.0 Å². The Morgan fingerprint density at radius 3 is 2.38 bits per heavy atom. The number of benzene rings is 2. The van der Waals surface area contributed by atoms with Crippen molar-refractivity contribution in [3.63, 3.8) is 0 Å². The van der Waals surface area contributed by atoms with E-state index in [2.05, 4.69) is 0 Å². The third kappa shape index (κ3) is 5.09. The maximum Gasteiger partial charge on any atom is 0.349 e. The second-order valence-electron chi connectivity index (χ2n) is 5.07. The molecule has 0 atom stereocenters. The van der Waals surface area contributed by atoms with E-state index in [1.807, 2.05) is 0 Å². The van der Waals surface area contributed by atoms with Crippen LogP contribution in [0.3, 0.4) is 0 Å². The van der Waals surface area contributed by atoms with Crippen molar-refractivity contribution in [1.82, 2.24) is 0 Å². The molecule has 5 nitrogen and oxygen atoms in total. The topological polar surface area (TPSA) is 76.4 Å². The summed E-state index contributed by atoms with van der Waals surface area (Å²) in [5.41, 5.74) is 0.650. The average Bonchev–Trinajstić information content (AvgIpc) is 2.66. The zero-order valence-corrected chi connectivity index (χ0v) is 15.2. The molecule has 0 aliphatic heterocycles. The van der Waals surface area contributed by atoms with Crippen molar-refractivity contribution in [2.24, 2.45) is 0 Å². The highest BCUT2D eigenvalue weighted by Gasteiger charge is 2.15. The van der Waals surface area contributed by atoms with Gasteiger partial charge in [0.15, 0.2) is 12.4 Å². The molecule has 0 amide bonds. The molecule has 2 aromatic rings. The highest BCUT2D eigenvalue weighted by atomic mass is 35.5. The smallest absolute Gasteiger partial charge is 0.349 e. The number of Topliss-reactive ketones (excluding diaryl/α,β-unsaturated/α-hetero) is 1. The van der Waals surface area contributed by atoms with Crippen LogP contribution in [0, 0.1) is 11.3 Å². The Balaban J connectivity index is 2.04. The first kappa shape index (κ1) is 19.5. The molecular weight excluding hydrogens is 377 g/mol. The molecule has 2 aromatic carbocycles. The lowest BCUT2D eigenvalue weighted by atomic mass is 10.1. The quantitative estimate of drug-likeness (QED) is 0.318. The van der Waals surface area contributed by atoms with Gasteiger partial charge < -0.3 is 9.47 Å². The van der Waals surface area contributed by atoms with Gasteiger partial charge in [0.1, 0.15) is 17.4 Å². The number of hydrogen-bond acceptors (Lipinski definition) is 5. The molecule has 132 valence electrons. The van der Waals surface area contributed by atoms with Gasteiger partial charge in [-0.25, -0.2) is 4.79 Å². The number of esters is 1. The molecule has 0 bridgehead atoms. The molecule has 0 fully saturated rings. The van der Waals surface area contributed by atoms with Gasteiger partial charge >= 0.3 is 5.97 Å². The Morgan fingerprint density at radius 1 is 1.12 bits per heavy atom. The molecule has 0 heterocycles. The predicted molar refractivity (Wildman–Crippen MR) is 98.3 cm³/mol. The van der Waals surface area contributed by atoms with Crippen LogP contribution in [0.5, 0.6) is 5.75 Å². The molecule has 0 radical (unpaired) electrons. The lowest BCUT2D eigenvalue weighted by Crippen LogP contribution is -2.15. The van der Waals surface area contributed by atoms with Crippen LogP contribution in [0.4, 0.5) is 0 Å². The van der Waals surface area contributed by atoms with Gasteiger partial charge in [-0.3, -0.25) is 4.79 Å². The van der Waals surface area contributed by atoms with Crippen molar-refractivity contribution >= 4 is 41.0 Å². The predicted octanol–water partition coefficient (Wildman–Crippen LogP) is 4.34. The van der Waals surface area contributed by atoms with Crippen LogP contribution in [-0.4, -0.2) is 25.5 Å². The fourth-order valence-corrected chi connectivity index (χ4v) is 2.26. The summed E-state index contributed by atoms with van der Waals surface area (Å²) in [6, 6.07) is 12.9. The third-order valence-corrected chi connectivity index (χ3v) is 4.08. The van der Waals surface area contributed by atoms with Gasteiger partial charge in [-0.1, -0.05) is 35.3 Å². The first-order chi connectivity index (χ1) is 12.4. The lowest BCUT2D eigenvalue weighted by Gasteiger charge is -2.05. The highest BCUT2D eigenvalue weighted by molar-refractivity contribution is 6.42. The zero-order valence-electron chi connectivity index (χ0n) is 13.7. The van der Waals surface area contributed by atoms with Gasteiger partial charge in [-0.15, -0.1) is 0 Å². The summed E-state index contributed by atoms with van der Waals surface area (Å²) in [4.78, 5) is 24.1. The van der Waals surface area contributed by atoms with E-state index in [0.717, 1.165) is 0 Å². The van der Waals surface area contributed by atoms with Gasteiger partial charge in [-0.2, -0.15) is 5.26 Å². The molecule has 0 N–H and O–H groups in total. The minimum Gasteiger partial charge on any atom is -0.497 e. The summed E-state index contributed by atoms with van der Waals surface area (Å²) in [5.74, 6) is -0.703.